The Morgan fingerprint density at radius 2 is 2.62 bits per heavy atom. The molecule has 0 fully saturated rings. The minimum atomic E-state index is -0.276. The summed E-state index contributed by atoms with van der Waals surface area (Å²) in [6.07, 6.45) is 2.12. The molecule has 0 spiro atoms. The van der Waals surface area contributed by atoms with Crippen LogP contribution in [0.5, 0.6) is 0 Å². The number of nitrogens with one attached hydrogen (secondary N) is 2. The summed E-state index contributed by atoms with van der Waals surface area (Å²) in [6.45, 7) is 2.42. The van der Waals surface area contributed by atoms with Crippen LogP contribution in [0.25, 0.3) is 0 Å². The molecule has 4 N–H and O–H groups in total. The summed E-state index contributed by atoms with van der Waals surface area (Å²) >= 11 is 0. The van der Waals surface area contributed by atoms with Crippen molar-refractivity contribution in [1.29, 1.82) is 0 Å². The lowest BCUT2D eigenvalue weighted by Crippen LogP contribution is -2.37. The number of hydrogen-bond acceptors (Lipinski definition) is 4. The van der Waals surface area contributed by atoms with Gasteiger partial charge in [0, 0.05) is 12.6 Å². The van der Waals surface area contributed by atoms with Gasteiger partial charge < -0.3 is 11.1 Å². The number of hydrogen-bond donors (Lipinski definition) is 3. The maximum Gasteiger partial charge on any atom is 0.288 e. The fraction of sp³-hybridized carbons (Fsp3) is 0.571. The summed E-state index contributed by atoms with van der Waals surface area (Å²) in [7, 11) is 0. The van der Waals surface area contributed by atoms with Crippen LogP contribution in [0.2, 0.25) is 0 Å². The summed E-state index contributed by atoms with van der Waals surface area (Å²) < 4.78 is 0. The van der Waals surface area contributed by atoms with E-state index in [2.05, 4.69) is 20.5 Å². The number of carbonyl (C=O) groups excluding carboxylic acids is 1. The van der Waals surface area contributed by atoms with Crippen molar-refractivity contribution in [1.82, 2.24) is 20.5 Å². The van der Waals surface area contributed by atoms with Crippen molar-refractivity contribution in [2.45, 2.75) is 19.4 Å². The molecule has 0 aliphatic rings. The number of nitrogens with two attached hydrogens (primary N) is 1. The van der Waals surface area contributed by atoms with Gasteiger partial charge >= 0.3 is 0 Å². The number of rotatable bonds is 4. The van der Waals surface area contributed by atoms with E-state index in [9.17, 15) is 4.79 Å². The van der Waals surface area contributed by atoms with Crippen LogP contribution in [0.15, 0.2) is 6.33 Å². The van der Waals surface area contributed by atoms with Gasteiger partial charge in [0.05, 0.1) is 0 Å². The van der Waals surface area contributed by atoms with Crippen LogP contribution in [0.3, 0.4) is 0 Å². The molecule has 0 aliphatic heterocycles. The van der Waals surface area contributed by atoms with Gasteiger partial charge in [-0.2, -0.15) is 5.10 Å². The van der Waals surface area contributed by atoms with Gasteiger partial charge in [-0.25, -0.2) is 4.98 Å². The largest absolute Gasteiger partial charge is 0.348 e. The van der Waals surface area contributed by atoms with Crippen LogP contribution in [0, 0.1) is 0 Å². The van der Waals surface area contributed by atoms with E-state index in [1.54, 1.807) is 0 Å². The van der Waals surface area contributed by atoms with Crippen LogP contribution in [0.4, 0.5) is 0 Å². The molecule has 13 heavy (non-hydrogen) atoms. The topological polar surface area (TPSA) is 96.7 Å². The van der Waals surface area contributed by atoms with Crippen LogP contribution in [-0.4, -0.2) is 33.7 Å². The second-order valence-corrected chi connectivity index (χ2v) is 2.71. The predicted octanol–water partition coefficient (Wildman–Crippen LogP) is -0.728. The molecule has 0 aliphatic carbocycles. The maximum absolute atomic E-state index is 11.2. The van der Waals surface area contributed by atoms with E-state index in [4.69, 9.17) is 5.73 Å². The van der Waals surface area contributed by atoms with Crippen LogP contribution in [0.1, 0.15) is 24.0 Å². The van der Waals surface area contributed by atoms with E-state index >= 15 is 0 Å². The van der Waals surface area contributed by atoms with Gasteiger partial charge in [0.15, 0.2) is 0 Å². The van der Waals surface area contributed by atoms with Gasteiger partial charge in [-0.1, -0.05) is 6.92 Å². The molecule has 1 aromatic rings. The van der Waals surface area contributed by atoms with Crippen LogP contribution >= 0.6 is 0 Å². The smallest absolute Gasteiger partial charge is 0.288 e. The standard InChI is InChI=1S/C7H13N5O/c1-2-5(8)3-9-7(13)6-10-4-11-12-6/h4-5H,2-3,8H2,1H3,(H,9,13)(H,10,11,12). The van der Waals surface area contributed by atoms with E-state index in [-0.39, 0.29) is 17.8 Å². The third-order valence-electron chi connectivity index (χ3n) is 1.68. The van der Waals surface area contributed by atoms with Crippen molar-refractivity contribution in [2.24, 2.45) is 5.73 Å². The Hall–Kier alpha value is -1.43. The first-order chi connectivity index (χ1) is 6.24. The number of amides is 1. The summed E-state index contributed by atoms with van der Waals surface area (Å²) in [5.41, 5.74) is 5.61. The van der Waals surface area contributed by atoms with Crippen molar-refractivity contribution in [3.05, 3.63) is 12.2 Å². The number of carbonyl (C=O) groups is 1. The average molecular weight is 183 g/mol. The molecule has 72 valence electrons. The van der Waals surface area contributed by atoms with Crippen LogP contribution in [-0.2, 0) is 0 Å². The van der Waals surface area contributed by atoms with Crippen molar-refractivity contribution in [3.8, 4) is 0 Å². The van der Waals surface area contributed by atoms with Gasteiger partial charge in [-0.05, 0) is 6.42 Å². The van der Waals surface area contributed by atoms with Gasteiger partial charge in [0.2, 0.25) is 5.82 Å². The average Bonchev–Trinajstić information content (AvgIpc) is 2.66. The molecular weight excluding hydrogens is 170 g/mol. The zero-order chi connectivity index (χ0) is 9.68. The Kier molecular flexibility index (Phi) is 3.39. The zero-order valence-electron chi connectivity index (χ0n) is 7.45. The lowest BCUT2D eigenvalue weighted by atomic mass is 10.2. The fourth-order valence-electron chi connectivity index (χ4n) is 0.767. The van der Waals surface area contributed by atoms with E-state index in [1.165, 1.54) is 6.33 Å². The molecule has 1 unspecified atom stereocenters. The van der Waals surface area contributed by atoms with E-state index < -0.39 is 0 Å². The molecule has 0 aromatic carbocycles. The molecule has 0 saturated heterocycles. The predicted molar refractivity (Wildman–Crippen MR) is 47.0 cm³/mol. The quantitative estimate of drug-likeness (QED) is 0.573. The number of H-pyrrole nitrogens is 1. The normalized spacial score (nSPS) is 12.5. The van der Waals surface area contributed by atoms with E-state index in [0.717, 1.165) is 6.42 Å². The minimum absolute atomic E-state index is 0.00753. The highest BCUT2D eigenvalue weighted by Gasteiger charge is 2.08. The summed E-state index contributed by atoms with van der Waals surface area (Å²) in [6, 6.07) is -0.00753. The summed E-state index contributed by atoms with van der Waals surface area (Å²) in [4.78, 5) is 14.9. The highest BCUT2D eigenvalue weighted by atomic mass is 16.2. The Bertz CT molecular complexity index is 258. The molecule has 0 bridgehead atoms. The maximum atomic E-state index is 11.2. The number of aromatic amines is 1. The lowest BCUT2D eigenvalue weighted by molar-refractivity contribution is 0.0941. The van der Waals surface area contributed by atoms with E-state index in [0.29, 0.717) is 6.54 Å². The Morgan fingerprint density at radius 1 is 1.85 bits per heavy atom. The molecule has 1 atom stereocenters. The molecule has 1 aromatic heterocycles. The second kappa shape index (κ2) is 4.56. The monoisotopic (exact) mass is 183 g/mol. The highest BCUT2D eigenvalue weighted by molar-refractivity contribution is 5.90. The van der Waals surface area contributed by atoms with Gasteiger partial charge in [0.25, 0.3) is 5.91 Å². The van der Waals surface area contributed by atoms with Crippen molar-refractivity contribution < 1.29 is 4.79 Å². The first-order valence-electron chi connectivity index (χ1n) is 4.13. The van der Waals surface area contributed by atoms with Crippen molar-refractivity contribution in [3.63, 3.8) is 0 Å². The van der Waals surface area contributed by atoms with Gasteiger partial charge in [-0.3, -0.25) is 9.89 Å². The number of aromatic nitrogens is 3. The molecule has 1 heterocycles. The Morgan fingerprint density at radius 3 is 3.15 bits per heavy atom. The third kappa shape index (κ3) is 2.83. The molecule has 1 rings (SSSR count). The summed E-state index contributed by atoms with van der Waals surface area (Å²) in [5.74, 6) is -0.0651. The number of nitrogens with zero attached hydrogens (tertiary/aromatic N) is 2. The van der Waals surface area contributed by atoms with Crippen molar-refractivity contribution in [2.75, 3.05) is 6.54 Å². The van der Waals surface area contributed by atoms with Crippen molar-refractivity contribution >= 4 is 5.91 Å². The first kappa shape index (κ1) is 9.66. The second-order valence-electron chi connectivity index (χ2n) is 2.71. The molecule has 6 heteroatoms. The minimum Gasteiger partial charge on any atom is -0.348 e. The molecule has 0 saturated carbocycles. The first-order valence-corrected chi connectivity index (χ1v) is 4.13. The Labute approximate surface area is 75.9 Å². The van der Waals surface area contributed by atoms with Crippen LogP contribution < -0.4 is 11.1 Å². The SMILES string of the molecule is CCC(N)CNC(=O)c1ncn[nH]1. The third-order valence-corrected chi connectivity index (χ3v) is 1.68. The van der Waals surface area contributed by atoms with Gasteiger partial charge in [-0.15, -0.1) is 0 Å². The highest BCUT2D eigenvalue weighted by Crippen LogP contribution is 1.87. The summed E-state index contributed by atoms with van der Waals surface area (Å²) in [5, 5.41) is 8.67. The van der Waals surface area contributed by atoms with E-state index in [1.807, 2.05) is 6.92 Å². The molecule has 0 radical (unpaired) electrons. The molecule has 1 amide bonds. The molecular formula is C7H13N5O. The van der Waals surface area contributed by atoms with Gasteiger partial charge in [0.1, 0.15) is 6.33 Å². The fourth-order valence-corrected chi connectivity index (χ4v) is 0.767. The zero-order valence-corrected chi connectivity index (χ0v) is 7.45. The Balaban J connectivity index is 2.35. The molecule has 6 nitrogen and oxygen atoms in total. The lowest BCUT2D eigenvalue weighted by Gasteiger charge is -2.08.